The first-order valence-corrected chi connectivity index (χ1v) is 9.64. The molecular weight excluding hydrogens is 399 g/mol. The average molecular weight is 423 g/mol. The Kier molecular flexibility index (Phi) is 8.42. The highest BCUT2D eigenvalue weighted by Crippen LogP contribution is 2.26. The Morgan fingerprint density at radius 3 is 2.75 bits per heavy atom. The fourth-order valence-corrected chi connectivity index (χ4v) is 3.08. The number of rotatable bonds is 8. The van der Waals surface area contributed by atoms with Gasteiger partial charge in [0.2, 0.25) is 0 Å². The summed E-state index contributed by atoms with van der Waals surface area (Å²) in [4.78, 5) is 15.8. The van der Waals surface area contributed by atoms with Gasteiger partial charge in [0.25, 0.3) is 5.91 Å². The fraction of sp³-hybridized carbons (Fsp3) is 0.300. The maximum atomic E-state index is 11.5. The van der Waals surface area contributed by atoms with Crippen LogP contribution in [0.2, 0.25) is 10.0 Å². The monoisotopic (exact) mass is 422 g/mol. The van der Waals surface area contributed by atoms with Crippen molar-refractivity contribution in [3.05, 3.63) is 63.6 Å². The van der Waals surface area contributed by atoms with Crippen LogP contribution in [0.4, 0.5) is 0 Å². The van der Waals surface area contributed by atoms with Crippen LogP contribution in [0.25, 0.3) is 0 Å². The number of likely N-dealkylation sites (N-methyl/N-ethyl adjacent to an activating group) is 1. The SMILES string of the molecule is CCNC(=O)COc1cccc(CN=C(N)NC(C)c2ccc(Cl)cc2Cl)c1. The molecule has 28 heavy (non-hydrogen) atoms. The van der Waals surface area contributed by atoms with E-state index in [1.807, 2.05) is 38.1 Å². The van der Waals surface area contributed by atoms with Crippen LogP contribution in [0.15, 0.2) is 47.5 Å². The summed E-state index contributed by atoms with van der Waals surface area (Å²) < 4.78 is 5.48. The van der Waals surface area contributed by atoms with Gasteiger partial charge in [-0.1, -0.05) is 41.4 Å². The number of ether oxygens (including phenoxy) is 1. The van der Waals surface area contributed by atoms with Crippen molar-refractivity contribution >= 4 is 35.1 Å². The Labute approximate surface area is 175 Å². The van der Waals surface area contributed by atoms with Gasteiger partial charge in [0, 0.05) is 16.6 Å². The summed E-state index contributed by atoms with van der Waals surface area (Å²) in [5.41, 5.74) is 7.79. The number of aliphatic imine (C=N–C) groups is 1. The minimum absolute atomic E-state index is 0.0242. The van der Waals surface area contributed by atoms with Gasteiger partial charge in [0.05, 0.1) is 12.6 Å². The maximum absolute atomic E-state index is 11.5. The largest absolute Gasteiger partial charge is 0.484 e. The molecule has 1 atom stereocenters. The van der Waals surface area contributed by atoms with E-state index in [1.165, 1.54) is 0 Å². The molecule has 0 saturated heterocycles. The topological polar surface area (TPSA) is 88.7 Å². The summed E-state index contributed by atoms with van der Waals surface area (Å²) in [5, 5.41) is 6.94. The van der Waals surface area contributed by atoms with Crippen LogP contribution in [-0.2, 0) is 11.3 Å². The smallest absolute Gasteiger partial charge is 0.257 e. The molecule has 150 valence electrons. The van der Waals surface area contributed by atoms with E-state index in [0.717, 1.165) is 11.1 Å². The van der Waals surface area contributed by atoms with Gasteiger partial charge in [-0.15, -0.1) is 0 Å². The Balaban J connectivity index is 1.93. The highest BCUT2D eigenvalue weighted by atomic mass is 35.5. The third kappa shape index (κ3) is 6.94. The number of halogens is 2. The predicted octanol–water partition coefficient (Wildman–Crippen LogP) is 3.67. The molecule has 0 aromatic heterocycles. The van der Waals surface area contributed by atoms with Crippen molar-refractivity contribution < 1.29 is 9.53 Å². The van der Waals surface area contributed by atoms with Gasteiger partial charge < -0.3 is 21.1 Å². The standard InChI is InChI=1S/C20H24Cl2N4O2/c1-3-24-19(27)12-28-16-6-4-5-14(9-16)11-25-20(23)26-13(2)17-8-7-15(21)10-18(17)22/h4-10,13H,3,11-12H2,1-2H3,(H,24,27)(H3,23,25,26). The first-order chi connectivity index (χ1) is 13.4. The minimum Gasteiger partial charge on any atom is -0.484 e. The summed E-state index contributed by atoms with van der Waals surface area (Å²) in [6.07, 6.45) is 0. The second-order valence-corrected chi connectivity index (χ2v) is 6.97. The third-order valence-electron chi connectivity index (χ3n) is 3.87. The molecule has 0 saturated carbocycles. The van der Waals surface area contributed by atoms with Crippen molar-refractivity contribution in [2.75, 3.05) is 13.2 Å². The van der Waals surface area contributed by atoms with Crippen molar-refractivity contribution in [2.24, 2.45) is 10.7 Å². The van der Waals surface area contributed by atoms with Gasteiger partial charge in [0.15, 0.2) is 12.6 Å². The zero-order valence-corrected chi connectivity index (χ0v) is 17.3. The number of benzene rings is 2. The highest BCUT2D eigenvalue weighted by molar-refractivity contribution is 6.35. The Morgan fingerprint density at radius 2 is 2.04 bits per heavy atom. The van der Waals surface area contributed by atoms with Crippen molar-refractivity contribution in [1.29, 1.82) is 0 Å². The maximum Gasteiger partial charge on any atom is 0.257 e. The van der Waals surface area contributed by atoms with Crippen LogP contribution in [0.5, 0.6) is 5.75 Å². The van der Waals surface area contributed by atoms with E-state index in [4.69, 9.17) is 33.7 Å². The van der Waals surface area contributed by atoms with E-state index < -0.39 is 0 Å². The molecule has 2 aromatic rings. The van der Waals surface area contributed by atoms with E-state index in [0.29, 0.717) is 34.8 Å². The molecule has 0 fully saturated rings. The Hall–Kier alpha value is -2.44. The van der Waals surface area contributed by atoms with Crippen LogP contribution in [-0.4, -0.2) is 25.0 Å². The van der Waals surface area contributed by atoms with E-state index >= 15 is 0 Å². The second-order valence-electron chi connectivity index (χ2n) is 6.12. The molecular formula is C20H24Cl2N4O2. The molecule has 0 aliphatic rings. The molecule has 1 amide bonds. The lowest BCUT2D eigenvalue weighted by molar-refractivity contribution is -0.122. The molecule has 0 aliphatic heterocycles. The highest BCUT2D eigenvalue weighted by Gasteiger charge is 2.10. The van der Waals surface area contributed by atoms with Gasteiger partial charge in [-0.3, -0.25) is 4.79 Å². The van der Waals surface area contributed by atoms with E-state index in [-0.39, 0.29) is 18.6 Å². The Bertz CT molecular complexity index is 843. The summed E-state index contributed by atoms with van der Waals surface area (Å²) in [6.45, 7) is 4.72. The molecule has 0 heterocycles. The second kappa shape index (κ2) is 10.8. The summed E-state index contributed by atoms with van der Waals surface area (Å²) in [7, 11) is 0. The lowest BCUT2D eigenvalue weighted by Gasteiger charge is -2.16. The average Bonchev–Trinajstić information content (AvgIpc) is 2.65. The molecule has 8 heteroatoms. The molecule has 2 rings (SSSR count). The van der Waals surface area contributed by atoms with Gasteiger partial charge in [-0.2, -0.15) is 0 Å². The zero-order valence-electron chi connectivity index (χ0n) is 15.8. The number of hydrogen-bond acceptors (Lipinski definition) is 3. The minimum atomic E-state index is -0.158. The van der Waals surface area contributed by atoms with Crippen molar-refractivity contribution in [3.63, 3.8) is 0 Å². The van der Waals surface area contributed by atoms with Crippen molar-refractivity contribution in [3.8, 4) is 5.75 Å². The van der Waals surface area contributed by atoms with Crippen LogP contribution >= 0.6 is 23.2 Å². The number of guanidine groups is 1. The first kappa shape index (κ1) is 21.9. The molecule has 2 aromatic carbocycles. The van der Waals surface area contributed by atoms with Crippen molar-refractivity contribution in [2.45, 2.75) is 26.4 Å². The quantitative estimate of drug-likeness (QED) is 0.447. The first-order valence-electron chi connectivity index (χ1n) is 8.89. The molecule has 1 unspecified atom stereocenters. The third-order valence-corrected chi connectivity index (χ3v) is 4.43. The molecule has 0 aliphatic carbocycles. The molecule has 0 bridgehead atoms. The predicted molar refractivity (Wildman–Crippen MR) is 114 cm³/mol. The van der Waals surface area contributed by atoms with Gasteiger partial charge in [0.1, 0.15) is 5.75 Å². The van der Waals surface area contributed by atoms with E-state index in [1.54, 1.807) is 18.2 Å². The van der Waals surface area contributed by atoms with Crippen LogP contribution in [0.1, 0.15) is 31.0 Å². The van der Waals surface area contributed by atoms with Gasteiger partial charge in [-0.05, 0) is 49.2 Å². The molecule has 4 N–H and O–H groups in total. The molecule has 0 spiro atoms. The molecule has 0 radical (unpaired) electrons. The normalized spacial score (nSPS) is 12.4. The summed E-state index contributed by atoms with van der Waals surface area (Å²) >= 11 is 12.1. The number of amides is 1. The number of hydrogen-bond donors (Lipinski definition) is 3. The fourth-order valence-electron chi connectivity index (χ4n) is 2.51. The lowest BCUT2D eigenvalue weighted by atomic mass is 10.1. The summed E-state index contributed by atoms with van der Waals surface area (Å²) in [5.74, 6) is 0.744. The van der Waals surface area contributed by atoms with Crippen LogP contribution in [0.3, 0.4) is 0 Å². The number of carbonyl (C=O) groups excluding carboxylic acids is 1. The van der Waals surface area contributed by atoms with E-state index in [9.17, 15) is 4.79 Å². The molecule has 6 nitrogen and oxygen atoms in total. The lowest BCUT2D eigenvalue weighted by Crippen LogP contribution is -2.34. The van der Waals surface area contributed by atoms with Gasteiger partial charge in [-0.25, -0.2) is 4.99 Å². The number of nitrogens with two attached hydrogens (primary N) is 1. The number of nitrogens with zero attached hydrogens (tertiary/aromatic N) is 1. The van der Waals surface area contributed by atoms with Crippen molar-refractivity contribution in [1.82, 2.24) is 10.6 Å². The number of nitrogens with one attached hydrogen (secondary N) is 2. The summed E-state index contributed by atoms with van der Waals surface area (Å²) in [6, 6.07) is 12.6. The Morgan fingerprint density at radius 1 is 1.25 bits per heavy atom. The van der Waals surface area contributed by atoms with Crippen LogP contribution < -0.4 is 21.1 Å². The zero-order chi connectivity index (χ0) is 20.5. The van der Waals surface area contributed by atoms with E-state index in [2.05, 4.69) is 15.6 Å². The van der Waals surface area contributed by atoms with Gasteiger partial charge >= 0.3 is 0 Å². The number of carbonyl (C=O) groups is 1. The van der Waals surface area contributed by atoms with Crippen LogP contribution in [0, 0.1) is 0 Å².